The number of hydrogen-bond acceptors (Lipinski definition) is 4. The summed E-state index contributed by atoms with van der Waals surface area (Å²) in [5.74, 6) is 0.690. The highest BCUT2D eigenvalue weighted by molar-refractivity contribution is 5.91. The summed E-state index contributed by atoms with van der Waals surface area (Å²) in [6, 6.07) is 16.7. The Morgan fingerprint density at radius 1 is 1.07 bits per heavy atom. The minimum Gasteiger partial charge on any atom is -0.497 e. The van der Waals surface area contributed by atoms with Crippen molar-refractivity contribution >= 4 is 11.6 Å². The number of amides is 1. The van der Waals surface area contributed by atoms with E-state index in [4.69, 9.17) is 4.74 Å². The normalized spacial score (nSPS) is 10.6. The zero-order valence-corrected chi connectivity index (χ0v) is 16.9. The molecule has 1 heterocycles. The van der Waals surface area contributed by atoms with Gasteiger partial charge in [0.1, 0.15) is 5.75 Å². The van der Waals surface area contributed by atoms with Crippen LogP contribution in [0.1, 0.15) is 24.0 Å². The van der Waals surface area contributed by atoms with Gasteiger partial charge in [0.25, 0.3) is 5.56 Å². The molecule has 2 aromatic carbocycles. The van der Waals surface area contributed by atoms with Crippen LogP contribution in [0.2, 0.25) is 0 Å². The Balaban J connectivity index is 1.62. The molecule has 0 aliphatic rings. The Morgan fingerprint density at radius 2 is 1.83 bits per heavy atom. The summed E-state index contributed by atoms with van der Waals surface area (Å²) >= 11 is 0. The summed E-state index contributed by atoms with van der Waals surface area (Å²) in [7, 11) is 1.61. The fraction of sp³-hybridized carbons (Fsp3) is 0.261. The van der Waals surface area contributed by atoms with Crippen LogP contribution >= 0.6 is 0 Å². The SMILES string of the molecule is COc1ccc(-c2ccc(=O)n(CCCC(=O)Nc3cc(C)ccc3C)n2)cc1. The minimum atomic E-state index is -0.183. The van der Waals surface area contributed by atoms with E-state index in [0.717, 1.165) is 28.1 Å². The molecule has 0 fully saturated rings. The molecule has 0 unspecified atom stereocenters. The number of hydrogen-bond donors (Lipinski definition) is 1. The van der Waals surface area contributed by atoms with Crippen LogP contribution in [0.5, 0.6) is 5.75 Å². The monoisotopic (exact) mass is 391 g/mol. The lowest BCUT2D eigenvalue weighted by Gasteiger charge is -2.10. The lowest BCUT2D eigenvalue weighted by atomic mass is 10.1. The van der Waals surface area contributed by atoms with E-state index in [1.807, 2.05) is 56.3 Å². The summed E-state index contributed by atoms with van der Waals surface area (Å²) in [4.78, 5) is 24.4. The predicted molar refractivity (Wildman–Crippen MR) is 114 cm³/mol. The molecule has 1 aromatic heterocycles. The summed E-state index contributed by atoms with van der Waals surface area (Å²) in [6.07, 6.45) is 0.837. The molecule has 1 amide bonds. The van der Waals surface area contributed by atoms with Gasteiger partial charge in [-0.05, 0) is 67.8 Å². The van der Waals surface area contributed by atoms with Gasteiger partial charge in [-0.15, -0.1) is 0 Å². The van der Waals surface area contributed by atoms with Crippen LogP contribution in [0.25, 0.3) is 11.3 Å². The van der Waals surface area contributed by atoms with Gasteiger partial charge in [0.05, 0.1) is 12.8 Å². The van der Waals surface area contributed by atoms with Crippen molar-refractivity contribution in [3.05, 3.63) is 76.1 Å². The van der Waals surface area contributed by atoms with E-state index >= 15 is 0 Å². The smallest absolute Gasteiger partial charge is 0.266 e. The van der Waals surface area contributed by atoms with Crippen LogP contribution in [0.15, 0.2) is 59.4 Å². The highest BCUT2D eigenvalue weighted by Gasteiger charge is 2.08. The summed E-state index contributed by atoms with van der Waals surface area (Å²) in [5.41, 5.74) is 4.36. The van der Waals surface area contributed by atoms with Crippen molar-refractivity contribution < 1.29 is 9.53 Å². The summed E-state index contributed by atoms with van der Waals surface area (Å²) in [6.45, 7) is 4.33. The van der Waals surface area contributed by atoms with E-state index in [-0.39, 0.29) is 11.5 Å². The first kappa shape index (κ1) is 20.3. The minimum absolute atomic E-state index is 0.0712. The molecular weight excluding hydrogens is 366 g/mol. The molecule has 0 bridgehead atoms. The maximum absolute atomic E-state index is 12.3. The van der Waals surface area contributed by atoms with Crippen LogP contribution in [0.3, 0.4) is 0 Å². The summed E-state index contributed by atoms with van der Waals surface area (Å²) < 4.78 is 6.57. The Kier molecular flexibility index (Phi) is 6.44. The number of carbonyl (C=O) groups is 1. The Labute approximate surface area is 170 Å². The molecule has 0 saturated carbocycles. The van der Waals surface area contributed by atoms with E-state index in [1.165, 1.54) is 10.7 Å². The first-order valence-electron chi connectivity index (χ1n) is 9.56. The van der Waals surface area contributed by atoms with Gasteiger partial charge in [-0.1, -0.05) is 12.1 Å². The van der Waals surface area contributed by atoms with Crippen molar-refractivity contribution in [2.45, 2.75) is 33.2 Å². The van der Waals surface area contributed by atoms with Gasteiger partial charge in [0, 0.05) is 30.3 Å². The number of anilines is 1. The third-order valence-electron chi connectivity index (χ3n) is 4.69. The molecule has 29 heavy (non-hydrogen) atoms. The number of carbonyl (C=O) groups excluding carboxylic acids is 1. The highest BCUT2D eigenvalue weighted by atomic mass is 16.5. The number of benzene rings is 2. The average Bonchev–Trinajstić information content (AvgIpc) is 2.72. The fourth-order valence-electron chi connectivity index (χ4n) is 3.00. The van der Waals surface area contributed by atoms with E-state index in [2.05, 4.69) is 10.4 Å². The van der Waals surface area contributed by atoms with Crippen molar-refractivity contribution in [3.63, 3.8) is 0 Å². The average molecular weight is 391 g/mol. The lowest BCUT2D eigenvalue weighted by molar-refractivity contribution is -0.116. The topological polar surface area (TPSA) is 73.2 Å². The van der Waals surface area contributed by atoms with Crippen LogP contribution in [-0.2, 0) is 11.3 Å². The quantitative estimate of drug-likeness (QED) is 0.662. The van der Waals surface area contributed by atoms with Crippen molar-refractivity contribution in [1.29, 1.82) is 0 Å². The molecule has 0 radical (unpaired) electrons. The molecule has 0 spiro atoms. The molecule has 0 saturated heterocycles. The van der Waals surface area contributed by atoms with Crippen LogP contribution < -0.4 is 15.6 Å². The van der Waals surface area contributed by atoms with Crippen molar-refractivity contribution in [1.82, 2.24) is 9.78 Å². The molecule has 6 nitrogen and oxygen atoms in total. The van der Waals surface area contributed by atoms with E-state index in [1.54, 1.807) is 13.2 Å². The second-order valence-electron chi connectivity index (χ2n) is 6.98. The lowest BCUT2D eigenvalue weighted by Crippen LogP contribution is -2.23. The van der Waals surface area contributed by atoms with Gasteiger partial charge in [-0.25, -0.2) is 4.68 Å². The van der Waals surface area contributed by atoms with Crippen molar-refractivity contribution in [2.24, 2.45) is 0 Å². The van der Waals surface area contributed by atoms with Crippen LogP contribution in [-0.4, -0.2) is 22.8 Å². The number of aryl methyl sites for hydroxylation is 3. The van der Waals surface area contributed by atoms with Gasteiger partial charge in [-0.3, -0.25) is 9.59 Å². The van der Waals surface area contributed by atoms with E-state index in [0.29, 0.717) is 25.1 Å². The second kappa shape index (κ2) is 9.19. The standard InChI is InChI=1S/C23H25N3O3/c1-16-6-7-17(2)21(15-16)24-22(27)5-4-14-26-23(28)13-12-20(25-26)18-8-10-19(29-3)11-9-18/h6-13,15H,4-5,14H2,1-3H3,(H,24,27). The van der Waals surface area contributed by atoms with E-state index < -0.39 is 0 Å². The summed E-state index contributed by atoms with van der Waals surface area (Å²) in [5, 5.41) is 7.38. The number of rotatable bonds is 7. The number of ether oxygens (including phenoxy) is 1. The van der Waals surface area contributed by atoms with Gasteiger partial charge in [0.15, 0.2) is 0 Å². The molecule has 0 aliphatic carbocycles. The van der Waals surface area contributed by atoms with Gasteiger partial charge in [0.2, 0.25) is 5.91 Å². The van der Waals surface area contributed by atoms with Gasteiger partial charge < -0.3 is 10.1 Å². The molecule has 6 heteroatoms. The van der Waals surface area contributed by atoms with Crippen LogP contribution in [0, 0.1) is 13.8 Å². The molecule has 0 atom stereocenters. The molecule has 150 valence electrons. The third-order valence-corrected chi connectivity index (χ3v) is 4.69. The molecule has 0 aliphatic heterocycles. The fourth-order valence-corrected chi connectivity index (χ4v) is 3.00. The first-order valence-corrected chi connectivity index (χ1v) is 9.56. The largest absolute Gasteiger partial charge is 0.497 e. The Bertz CT molecular complexity index is 1060. The van der Waals surface area contributed by atoms with Gasteiger partial charge >= 0.3 is 0 Å². The maximum atomic E-state index is 12.3. The third kappa shape index (κ3) is 5.31. The molecule has 1 N–H and O–H groups in total. The van der Waals surface area contributed by atoms with Crippen molar-refractivity contribution in [3.8, 4) is 17.0 Å². The van der Waals surface area contributed by atoms with Gasteiger partial charge in [-0.2, -0.15) is 5.10 Å². The second-order valence-corrected chi connectivity index (χ2v) is 6.98. The molecule has 3 aromatic rings. The number of nitrogens with one attached hydrogen (secondary N) is 1. The van der Waals surface area contributed by atoms with Crippen molar-refractivity contribution in [2.75, 3.05) is 12.4 Å². The maximum Gasteiger partial charge on any atom is 0.266 e. The Morgan fingerprint density at radius 3 is 2.55 bits per heavy atom. The zero-order valence-electron chi connectivity index (χ0n) is 16.9. The number of methoxy groups -OCH3 is 1. The highest BCUT2D eigenvalue weighted by Crippen LogP contribution is 2.20. The number of nitrogens with zero attached hydrogens (tertiary/aromatic N) is 2. The molecular formula is C23H25N3O3. The van der Waals surface area contributed by atoms with E-state index in [9.17, 15) is 9.59 Å². The zero-order chi connectivity index (χ0) is 20.8. The Hall–Kier alpha value is -3.41. The van der Waals surface area contributed by atoms with Crippen LogP contribution in [0.4, 0.5) is 5.69 Å². The number of aromatic nitrogens is 2. The first-order chi connectivity index (χ1) is 14.0. The predicted octanol–water partition coefficient (Wildman–Crippen LogP) is 3.95. The molecule has 3 rings (SSSR count).